The van der Waals surface area contributed by atoms with Gasteiger partial charge in [-0.15, -0.1) is 6.42 Å². The second-order valence-corrected chi connectivity index (χ2v) is 4.66. The van der Waals surface area contributed by atoms with Crippen molar-refractivity contribution in [2.45, 2.75) is 26.7 Å². The Morgan fingerprint density at radius 3 is 2.09 bits per heavy atom. The Bertz CT molecular complexity index is 628. The summed E-state index contributed by atoms with van der Waals surface area (Å²) in [6, 6.07) is 15.8. The third kappa shape index (κ3) is 5.10. The van der Waals surface area contributed by atoms with Crippen molar-refractivity contribution in [2.75, 3.05) is 7.11 Å². The van der Waals surface area contributed by atoms with Crippen molar-refractivity contribution >= 4 is 5.78 Å². The van der Waals surface area contributed by atoms with E-state index in [0.29, 0.717) is 18.6 Å². The molecule has 0 unspecified atom stereocenters. The largest absolute Gasteiger partial charge is 0.497 e. The Morgan fingerprint density at radius 1 is 1.05 bits per heavy atom. The van der Waals surface area contributed by atoms with Gasteiger partial charge >= 0.3 is 0 Å². The lowest BCUT2D eigenvalue weighted by atomic mass is 10.0. The van der Waals surface area contributed by atoms with Crippen LogP contribution in [0.15, 0.2) is 48.5 Å². The smallest absolute Gasteiger partial charge is 0.132 e. The molecule has 2 heteroatoms. The molecule has 0 N–H and O–H groups in total. The Hall–Kier alpha value is -2.53. The van der Waals surface area contributed by atoms with Crippen LogP contribution in [0.4, 0.5) is 0 Å². The summed E-state index contributed by atoms with van der Waals surface area (Å²) in [7, 11) is 1.66. The molecule has 0 heterocycles. The molecule has 22 heavy (non-hydrogen) atoms. The van der Waals surface area contributed by atoms with Gasteiger partial charge in [-0.3, -0.25) is 4.79 Å². The second-order valence-electron chi connectivity index (χ2n) is 4.66. The summed E-state index contributed by atoms with van der Waals surface area (Å²) in [4.78, 5) is 10.2. The van der Waals surface area contributed by atoms with Gasteiger partial charge in [-0.05, 0) is 29.3 Å². The van der Waals surface area contributed by atoms with E-state index >= 15 is 0 Å². The quantitative estimate of drug-likeness (QED) is 0.763. The van der Waals surface area contributed by atoms with Gasteiger partial charge < -0.3 is 4.74 Å². The van der Waals surface area contributed by atoms with Crippen molar-refractivity contribution in [1.82, 2.24) is 0 Å². The summed E-state index contributed by atoms with van der Waals surface area (Å²) in [5.41, 5.74) is 3.09. The van der Waals surface area contributed by atoms with E-state index in [9.17, 15) is 4.79 Å². The molecule has 0 atom stereocenters. The van der Waals surface area contributed by atoms with Gasteiger partial charge in [0, 0.05) is 18.4 Å². The summed E-state index contributed by atoms with van der Waals surface area (Å²) in [5.74, 6) is 3.88. The van der Waals surface area contributed by atoms with Gasteiger partial charge in [0.2, 0.25) is 0 Å². The van der Waals surface area contributed by atoms with Crippen LogP contribution in [0.25, 0.3) is 11.1 Å². The molecule has 0 amide bonds. The van der Waals surface area contributed by atoms with E-state index in [0.717, 1.165) is 22.4 Å². The molecular formula is C20H22O2. The van der Waals surface area contributed by atoms with E-state index in [1.165, 1.54) is 0 Å². The van der Waals surface area contributed by atoms with Crippen LogP contribution in [-0.4, -0.2) is 12.9 Å². The molecule has 0 spiro atoms. The number of carbonyl (C=O) groups is 1. The Balaban J connectivity index is 0.000000346. The minimum atomic E-state index is 0.343. The van der Waals surface area contributed by atoms with Gasteiger partial charge in [0.1, 0.15) is 11.5 Å². The van der Waals surface area contributed by atoms with Crippen LogP contribution < -0.4 is 4.74 Å². The molecule has 0 aliphatic carbocycles. The standard InChI is InChI=1S/C15H12O.C5H10O/c1-3-12-6-4-5-7-15(12)13-8-10-14(16-2)11-9-13;1-3-5(6)4-2/h1,4-11H,2H3;3-4H2,1-2H3. The van der Waals surface area contributed by atoms with E-state index in [-0.39, 0.29) is 0 Å². The zero-order chi connectivity index (χ0) is 16.4. The predicted octanol–water partition coefficient (Wildman–Crippen LogP) is 4.72. The molecular weight excluding hydrogens is 272 g/mol. The maximum atomic E-state index is 10.2. The highest BCUT2D eigenvalue weighted by Gasteiger charge is 2.02. The number of carbonyl (C=O) groups excluding carboxylic acids is 1. The van der Waals surface area contributed by atoms with Gasteiger partial charge in [-0.25, -0.2) is 0 Å². The number of terminal acetylenes is 1. The minimum Gasteiger partial charge on any atom is -0.497 e. The average molecular weight is 294 g/mol. The van der Waals surface area contributed by atoms with Crippen molar-refractivity contribution in [3.63, 3.8) is 0 Å². The predicted molar refractivity (Wildman–Crippen MR) is 92.0 cm³/mol. The summed E-state index contributed by atoms with van der Waals surface area (Å²) >= 11 is 0. The van der Waals surface area contributed by atoms with Crippen LogP contribution in [0.5, 0.6) is 5.75 Å². The van der Waals surface area contributed by atoms with Crippen LogP contribution >= 0.6 is 0 Å². The maximum Gasteiger partial charge on any atom is 0.132 e. The first-order chi connectivity index (χ1) is 10.7. The molecule has 0 fully saturated rings. The zero-order valence-corrected chi connectivity index (χ0v) is 13.4. The fraction of sp³-hybridized carbons (Fsp3) is 0.250. The van der Waals surface area contributed by atoms with Crippen molar-refractivity contribution in [3.05, 3.63) is 54.1 Å². The molecule has 0 aromatic heterocycles. The highest BCUT2D eigenvalue weighted by Crippen LogP contribution is 2.25. The molecule has 0 aliphatic heterocycles. The van der Waals surface area contributed by atoms with Crippen LogP contribution in [0.1, 0.15) is 32.3 Å². The molecule has 2 nitrogen and oxygen atoms in total. The lowest BCUT2D eigenvalue weighted by Gasteiger charge is -2.05. The maximum absolute atomic E-state index is 10.2. The van der Waals surface area contributed by atoms with Crippen LogP contribution in [0, 0.1) is 12.3 Å². The van der Waals surface area contributed by atoms with Gasteiger partial charge in [0.25, 0.3) is 0 Å². The topological polar surface area (TPSA) is 26.3 Å². The fourth-order valence-corrected chi connectivity index (χ4v) is 1.88. The number of ketones is 1. The highest BCUT2D eigenvalue weighted by atomic mass is 16.5. The summed E-state index contributed by atoms with van der Waals surface area (Å²) in [6.07, 6.45) is 6.85. The van der Waals surface area contributed by atoms with Crippen LogP contribution in [-0.2, 0) is 4.79 Å². The monoisotopic (exact) mass is 294 g/mol. The van der Waals surface area contributed by atoms with Crippen molar-refractivity contribution < 1.29 is 9.53 Å². The van der Waals surface area contributed by atoms with Crippen LogP contribution in [0.3, 0.4) is 0 Å². The number of Topliss-reactive ketones (excluding diaryl/α,β-unsaturated/α-hetero) is 1. The van der Waals surface area contributed by atoms with E-state index < -0.39 is 0 Å². The first-order valence-corrected chi connectivity index (χ1v) is 7.38. The summed E-state index contributed by atoms with van der Waals surface area (Å²) < 4.78 is 5.12. The lowest BCUT2D eigenvalue weighted by molar-refractivity contribution is -0.118. The molecule has 0 saturated carbocycles. The number of benzene rings is 2. The number of rotatable bonds is 4. The summed E-state index contributed by atoms with van der Waals surface area (Å²) in [5, 5.41) is 0. The molecule has 0 radical (unpaired) electrons. The first-order valence-electron chi connectivity index (χ1n) is 7.38. The first kappa shape index (κ1) is 17.5. The van der Waals surface area contributed by atoms with Gasteiger partial charge in [0.15, 0.2) is 0 Å². The molecule has 0 saturated heterocycles. The van der Waals surface area contributed by atoms with Gasteiger partial charge in [0.05, 0.1) is 7.11 Å². The normalized spacial score (nSPS) is 9.18. The Labute approximate surface area is 133 Å². The summed E-state index contributed by atoms with van der Waals surface area (Å²) in [6.45, 7) is 3.76. The van der Waals surface area contributed by atoms with Crippen molar-refractivity contribution in [1.29, 1.82) is 0 Å². The highest BCUT2D eigenvalue weighted by molar-refractivity contribution is 5.77. The van der Waals surface area contributed by atoms with E-state index in [1.807, 2.05) is 62.4 Å². The Kier molecular flexibility index (Phi) is 7.50. The number of hydrogen-bond acceptors (Lipinski definition) is 2. The zero-order valence-electron chi connectivity index (χ0n) is 13.4. The SMILES string of the molecule is C#Cc1ccccc1-c1ccc(OC)cc1.CCC(=O)CC. The molecule has 0 aliphatic rings. The average Bonchev–Trinajstić information content (AvgIpc) is 2.61. The van der Waals surface area contributed by atoms with Crippen molar-refractivity contribution in [3.8, 4) is 29.2 Å². The minimum absolute atomic E-state index is 0.343. The third-order valence-corrected chi connectivity index (χ3v) is 3.27. The van der Waals surface area contributed by atoms with Gasteiger partial charge in [-0.2, -0.15) is 0 Å². The molecule has 2 rings (SSSR count). The van der Waals surface area contributed by atoms with Crippen molar-refractivity contribution in [2.24, 2.45) is 0 Å². The van der Waals surface area contributed by atoms with E-state index in [4.69, 9.17) is 11.2 Å². The van der Waals surface area contributed by atoms with E-state index in [2.05, 4.69) is 5.92 Å². The second kappa shape index (κ2) is 9.41. The van der Waals surface area contributed by atoms with Crippen LogP contribution in [0.2, 0.25) is 0 Å². The molecule has 0 bridgehead atoms. The number of hydrogen-bond donors (Lipinski definition) is 0. The molecule has 2 aromatic rings. The molecule has 114 valence electrons. The van der Waals surface area contributed by atoms with Gasteiger partial charge in [-0.1, -0.05) is 50.1 Å². The third-order valence-electron chi connectivity index (χ3n) is 3.27. The fourth-order valence-electron chi connectivity index (χ4n) is 1.88. The number of methoxy groups -OCH3 is 1. The lowest BCUT2D eigenvalue weighted by Crippen LogP contribution is -1.88. The molecule has 2 aromatic carbocycles. The van der Waals surface area contributed by atoms with E-state index in [1.54, 1.807) is 7.11 Å². The Morgan fingerprint density at radius 2 is 1.64 bits per heavy atom. The number of ether oxygens (including phenoxy) is 1.